The Kier molecular flexibility index (Phi) is 4.99. The molecule has 4 nitrogen and oxygen atoms in total. The first-order valence-corrected chi connectivity index (χ1v) is 5.56. The molecule has 0 amide bonds. The molecule has 0 radical (unpaired) electrons. The highest BCUT2D eigenvalue weighted by atomic mass is 16.5. The van der Waals surface area contributed by atoms with Crippen molar-refractivity contribution in [1.82, 2.24) is 4.90 Å². The van der Waals surface area contributed by atoms with Crippen LogP contribution in [-0.2, 0) is 9.47 Å². The Morgan fingerprint density at radius 3 is 2.73 bits per heavy atom. The Morgan fingerprint density at radius 1 is 1.40 bits per heavy atom. The van der Waals surface area contributed by atoms with Crippen molar-refractivity contribution in [2.75, 3.05) is 40.0 Å². The van der Waals surface area contributed by atoms with Crippen molar-refractivity contribution in [2.24, 2.45) is 0 Å². The fourth-order valence-corrected chi connectivity index (χ4v) is 1.81. The molecule has 90 valence electrons. The van der Waals surface area contributed by atoms with E-state index in [0.29, 0.717) is 19.3 Å². The molecule has 4 heteroatoms. The topological polar surface area (TPSA) is 41.9 Å². The Hall–Kier alpha value is -0.160. The lowest BCUT2D eigenvalue weighted by molar-refractivity contribution is 0.00955. The van der Waals surface area contributed by atoms with Gasteiger partial charge in [0.15, 0.2) is 0 Å². The number of hydrogen-bond donors (Lipinski definition) is 1. The van der Waals surface area contributed by atoms with Gasteiger partial charge in [-0.25, -0.2) is 0 Å². The second-order valence-corrected chi connectivity index (χ2v) is 4.69. The Balaban J connectivity index is 2.26. The summed E-state index contributed by atoms with van der Waals surface area (Å²) < 4.78 is 10.6. The van der Waals surface area contributed by atoms with Crippen LogP contribution in [0.15, 0.2) is 0 Å². The maximum absolute atomic E-state index is 9.25. The van der Waals surface area contributed by atoms with Crippen LogP contribution >= 0.6 is 0 Å². The third-order valence-electron chi connectivity index (χ3n) is 3.03. The van der Waals surface area contributed by atoms with Crippen molar-refractivity contribution in [1.29, 1.82) is 0 Å². The van der Waals surface area contributed by atoms with E-state index in [9.17, 15) is 5.11 Å². The second-order valence-electron chi connectivity index (χ2n) is 4.69. The third-order valence-corrected chi connectivity index (χ3v) is 3.03. The van der Waals surface area contributed by atoms with Gasteiger partial charge in [-0.1, -0.05) is 0 Å². The van der Waals surface area contributed by atoms with E-state index in [-0.39, 0.29) is 12.1 Å². The van der Waals surface area contributed by atoms with E-state index in [0.717, 1.165) is 19.5 Å². The Morgan fingerprint density at radius 2 is 2.13 bits per heavy atom. The van der Waals surface area contributed by atoms with Gasteiger partial charge in [-0.15, -0.1) is 0 Å². The number of methoxy groups -OCH3 is 1. The van der Waals surface area contributed by atoms with Gasteiger partial charge in [-0.3, -0.25) is 4.90 Å². The summed E-state index contributed by atoms with van der Waals surface area (Å²) in [7, 11) is 1.68. The van der Waals surface area contributed by atoms with Gasteiger partial charge in [0.1, 0.15) is 0 Å². The van der Waals surface area contributed by atoms with Gasteiger partial charge in [0, 0.05) is 25.7 Å². The van der Waals surface area contributed by atoms with Gasteiger partial charge >= 0.3 is 0 Å². The van der Waals surface area contributed by atoms with Crippen LogP contribution in [0.25, 0.3) is 0 Å². The zero-order valence-electron chi connectivity index (χ0n) is 10.0. The first-order chi connectivity index (χ1) is 7.10. The molecule has 0 aromatic rings. The van der Waals surface area contributed by atoms with Gasteiger partial charge in [-0.2, -0.15) is 0 Å². The molecule has 1 atom stereocenters. The molecule has 1 unspecified atom stereocenters. The summed E-state index contributed by atoms with van der Waals surface area (Å²) in [6, 6.07) is 0. The molecule has 15 heavy (non-hydrogen) atoms. The maximum atomic E-state index is 9.25. The van der Waals surface area contributed by atoms with Crippen LogP contribution < -0.4 is 0 Å². The molecule has 0 aromatic carbocycles. The molecule has 1 fully saturated rings. The second kappa shape index (κ2) is 5.80. The lowest BCUT2D eigenvalue weighted by atomic mass is 10.1. The highest BCUT2D eigenvalue weighted by Crippen LogP contribution is 2.22. The number of nitrogens with zero attached hydrogens (tertiary/aromatic N) is 1. The minimum absolute atomic E-state index is 0.126. The number of aliphatic hydroxyl groups excluding tert-OH is 1. The van der Waals surface area contributed by atoms with Crippen LogP contribution in [0.4, 0.5) is 0 Å². The van der Waals surface area contributed by atoms with E-state index in [1.54, 1.807) is 7.11 Å². The lowest BCUT2D eigenvalue weighted by Crippen LogP contribution is -2.45. The van der Waals surface area contributed by atoms with Gasteiger partial charge in [0.25, 0.3) is 0 Å². The van der Waals surface area contributed by atoms with E-state index < -0.39 is 0 Å². The van der Waals surface area contributed by atoms with Crippen molar-refractivity contribution in [3.05, 3.63) is 0 Å². The quantitative estimate of drug-likeness (QED) is 0.658. The monoisotopic (exact) mass is 217 g/mol. The van der Waals surface area contributed by atoms with E-state index in [4.69, 9.17) is 9.47 Å². The van der Waals surface area contributed by atoms with Gasteiger partial charge in [-0.05, 0) is 20.3 Å². The minimum Gasteiger partial charge on any atom is -0.394 e. The van der Waals surface area contributed by atoms with Crippen LogP contribution in [-0.4, -0.2) is 61.7 Å². The van der Waals surface area contributed by atoms with E-state index in [2.05, 4.69) is 18.7 Å². The smallest absolute Gasteiger partial charge is 0.0715 e. The number of likely N-dealkylation sites (tertiary alicyclic amines) is 1. The van der Waals surface area contributed by atoms with Crippen molar-refractivity contribution < 1.29 is 14.6 Å². The largest absolute Gasteiger partial charge is 0.394 e. The molecular formula is C11H23NO3. The van der Waals surface area contributed by atoms with Crippen LogP contribution in [0.3, 0.4) is 0 Å². The zero-order valence-corrected chi connectivity index (χ0v) is 10.0. The predicted molar refractivity (Wildman–Crippen MR) is 59.0 cm³/mol. The summed E-state index contributed by atoms with van der Waals surface area (Å²) >= 11 is 0. The van der Waals surface area contributed by atoms with Gasteiger partial charge in [0.2, 0.25) is 0 Å². The molecule has 0 saturated carbocycles. The molecular weight excluding hydrogens is 194 g/mol. The third kappa shape index (κ3) is 3.72. The molecule has 1 aliphatic rings. The standard InChI is InChI=1S/C11H23NO3/c1-11(2,9-13)12-5-4-10(8-12)15-7-6-14-3/h10,13H,4-9H2,1-3H3. The van der Waals surface area contributed by atoms with Crippen LogP contribution in [0.1, 0.15) is 20.3 Å². The van der Waals surface area contributed by atoms with E-state index in [1.165, 1.54) is 0 Å². The van der Waals surface area contributed by atoms with Gasteiger partial charge < -0.3 is 14.6 Å². The highest BCUT2D eigenvalue weighted by molar-refractivity contribution is 4.87. The molecule has 1 heterocycles. The molecule has 1 N–H and O–H groups in total. The predicted octanol–water partition coefficient (Wildman–Crippen LogP) is 0.495. The summed E-state index contributed by atoms with van der Waals surface area (Å²) in [5.74, 6) is 0. The molecule has 1 aliphatic heterocycles. The highest BCUT2D eigenvalue weighted by Gasteiger charge is 2.33. The summed E-state index contributed by atoms with van der Waals surface area (Å²) in [6.45, 7) is 7.55. The summed E-state index contributed by atoms with van der Waals surface area (Å²) in [5, 5.41) is 9.25. The molecule has 0 spiro atoms. The molecule has 0 bridgehead atoms. The van der Waals surface area contributed by atoms with Crippen LogP contribution in [0.2, 0.25) is 0 Å². The van der Waals surface area contributed by atoms with Crippen molar-refractivity contribution >= 4 is 0 Å². The van der Waals surface area contributed by atoms with Crippen LogP contribution in [0, 0.1) is 0 Å². The van der Waals surface area contributed by atoms with E-state index >= 15 is 0 Å². The summed E-state index contributed by atoms with van der Waals surface area (Å²) in [4.78, 5) is 2.28. The fourth-order valence-electron chi connectivity index (χ4n) is 1.81. The summed E-state index contributed by atoms with van der Waals surface area (Å²) in [6.07, 6.45) is 1.35. The molecule has 0 aliphatic carbocycles. The van der Waals surface area contributed by atoms with Gasteiger partial charge in [0.05, 0.1) is 25.9 Å². The minimum atomic E-state index is -0.126. The number of ether oxygens (including phenoxy) is 2. The van der Waals surface area contributed by atoms with Crippen molar-refractivity contribution in [2.45, 2.75) is 31.9 Å². The first-order valence-electron chi connectivity index (χ1n) is 5.56. The number of aliphatic hydroxyl groups is 1. The Labute approximate surface area is 92.2 Å². The van der Waals surface area contributed by atoms with Crippen molar-refractivity contribution in [3.63, 3.8) is 0 Å². The van der Waals surface area contributed by atoms with E-state index in [1.807, 2.05) is 0 Å². The average Bonchev–Trinajstić information content (AvgIpc) is 2.68. The lowest BCUT2D eigenvalue weighted by Gasteiger charge is -2.33. The Bertz CT molecular complexity index is 185. The van der Waals surface area contributed by atoms with Crippen molar-refractivity contribution in [3.8, 4) is 0 Å². The summed E-state index contributed by atoms with van der Waals surface area (Å²) in [5.41, 5.74) is -0.126. The fraction of sp³-hybridized carbons (Fsp3) is 1.00. The number of rotatable bonds is 6. The average molecular weight is 217 g/mol. The maximum Gasteiger partial charge on any atom is 0.0715 e. The normalized spacial score (nSPS) is 23.6. The first kappa shape index (κ1) is 12.9. The SMILES string of the molecule is COCCOC1CCN(C(C)(C)CO)C1. The number of hydrogen-bond acceptors (Lipinski definition) is 4. The zero-order chi connectivity index (χ0) is 11.3. The molecule has 1 saturated heterocycles. The molecule has 1 rings (SSSR count). The van der Waals surface area contributed by atoms with Crippen LogP contribution in [0.5, 0.6) is 0 Å². The molecule has 0 aromatic heterocycles.